The Morgan fingerprint density at radius 2 is 2.05 bits per heavy atom. The maximum Gasteiger partial charge on any atom is 0.267 e. The van der Waals surface area contributed by atoms with E-state index in [0.717, 1.165) is 11.1 Å². The Balaban J connectivity index is 1.91. The Morgan fingerprint density at radius 3 is 2.68 bits per heavy atom. The lowest BCUT2D eigenvalue weighted by molar-refractivity contribution is 0.0946. The number of nitrogens with two attached hydrogens (primary N) is 1. The summed E-state index contributed by atoms with van der Waals surface area (Å²) >= 11 is 0. The molecule has 2 rings (SSSR count). The lowest BCUT2D eigenvalue weighted by Crippen LogP contribution is -2.22. The second-order valence-electron chi connectivity index (χ2n) is 3.97. The highest BCUT2D eigenvalue weighted by molar-refractivity contribution is 5.92. The third-order valence-electron chi connectivity index (χ3n) is 2.58. The predicted molar refractivity (Wildman–Crippen MR) is 74.3 cm³/mol. The van der Waals surface area contributed by atoms with Crippen LogP contribution in [0.5, 0.6) is 0 Å². The molecule has 0 bridgehead atoms. The highest BCUT2D eigenvalue weighted by Crippen LogP contribution is 2.03. The number of hydrogen-bond donors (Lipinski definition) is 3. The zero-order valence-corrected chi connectivity index (χ0v) is 10.4. The van der Waals surface area contributed by atoms with E-state index in [9.17, 15) is 4.79 Å². The van der Waals surface area contributed by atoms with Crippen LogP contribution in [0.2, 0.25) is 0 Å². The van der Waals surface area contributed by atoms with E-state index in [-0.39, 0.29) is 5.91 Å². The van der Waals surface area contributed by atoms with Crippen LogP contribution in [-0.2, 0) is 6.54 Å². The van der Waals surface area contributed by atoms with Crippen molar-refractivity contribution in [1.29, 1.82) is 0 Å². The van der Waals surface area contributed by atoms with E-state index in [1.54, 1.807) is 18.3 Å². The number of amides is 1. The van der Waals surface area contributed by atoms with Crippen LogP contribution in [0.15, 0.2) is 42.6 Å². The Labute approximate surface area is 112 Å². The molecular weight excluding hydrogens is 238 g/mol. The summed E-state index contributed by atoms with van der Waals surface area (Å²) in [7, 11) is 0. The van der Waals surface area contributed by atoms with Crippen molar-refractivity contribution < 1.29 is 4.79 Å². The lowest BCUT2D eigenvalue weighted by Gasteiger charge is -2.04. The number of hydrogen-bond acceptors (Lipinski definition) is 2. The van der Waals surface area contributed by atoms with E-state index in [4.69, 9.17) is 5.73 Å². The number of carbonyl (C=O) groups is 1. The molecule has 4 nitrogen and oxygen atoms in total. The van der Waals surface area contributed by atoms with Crippen molar-refractivity contribution in [2.45, 2.75) is 6.54 Å². The molecule has 4 heteroatoms. The Bertz CT molecular complexity index is 589. The monoisotopic (exact) mass is 253 g/mol. The molecule has 0 saturated heterocycles. The van der Waals surface area contributed by atoms with Crippen LogP contribution in [0.1, 0.15) is 21.6 Å². The Kier molecular flexibility index (Phi) is 4.38. The molecule has 0 aliphatic heterocycles. The molecule has 0 radical (unpaired) electrons. The van der Waals surface area contributed by atoms with Gasteiger partial charge in [0, 0.05) is 18.3 Å². The van der Waals surface area contributed by atoms with Gasteiger partial charge in [-0.3, -0.25) is 4.79 Å². The molecule has 0 unspecified atom stereocenters. The zero-order chi connectivity index (χ0) is 13.5. The highest BCUT2D eigenvalue weighted by atomic mass is 16.1. The highest BCUT2D eigenvalue weighted by Gasteiger charge is 2.04. The molecule has 1 aromatic carbocycles. The normalized spacial score (nSPS) is 9.53. The second kappa shape index (κ2) is 6.43. The van der Waals surface area contributed by atoms with Crippen LogP contribution in [0, 0.1) is 11.8 Å². The number of H-pyrrole nitrogens is 1. The van der Waals surface area contributed by atoms with Crippen molar-refractivity contribution in [2.75, 3.05) is 6.54 Å². The van der Waals surface area contributed by atoms with Crippen LogP contribution in [0.25, 0.3) is 0 Å². The first-order valence-corrected chi connectivity index (χ1v) is 5.99. The van der Waals surface area contributed by atoms with Crippen LogP contribution >= 0.6 is 0 Å². The van der Waals surface area contributed by atoms with Gasteiger partial charge in [0.2, 0.25) is 0 Å². The van der Waals surface area contributed by atoms with Crippen molar-refractivity contribution in [3.8, 4) is 11.8 Å². The minimum atomic E-state index is -0.114. The molecule has 0 spiro atoms. The van der Waals surface area contributed by atoms with Crippen LogP contribution < -0.4 is 11.1 Å². The number of carbonyl (C=O) groups excluding carboxylic acids is 1. The van der Waals surface area contributed by atoms with E-state index in [0.29, 0.717) is 18.8 Å². The van der Waals surface area contributed by atoms with Crippen LogP contribution in [0.3, 0.4) is 0 Å². The van der Waals surface area contributed by atoms with E-state index in [2.05, 4.69) is 22.1 Å². The quantitative estimate of drug-likeness (QED) is 0.721. The molecule has 0 aliphatic carbocycles. The predicted octanol–water partition coefficient (Wildman–Crippen LogP) is 1.25. The van der Waals surface area contributed by atoms with Gasteiger partial charge in [-0.05, 0) is 29.8 Å². The maximum absolute atomic E-state index is 11.7. The summed E-state index contributed by atoms with van der Waals surface area (Å²) in [5.74, 6) is 5.63. The molecule has 2 aromatic rings. The summed E-state index contributed by atoms with van der Waals surface area (Å²) in [4.78, 5) is 14.6. The molecule has 1 aromatic heterocycles. The van der Waals surface area contributed by atoms with Gasteiger partial charge in [0.25, 0.3) is 5.91 Å². The van der Waals surface area contributed by atoms with Crippen molar-refractivity contribution >= 4 is 5.91 Å². The fourth-order valence-electron chi connectivity index (χ4n) is 1.61. The minimum absolute atomic E-state index is 0.114. The van der Waals surface area contributed by atoms with Gasteiger partial charge in [-0.2, -0.15) is 0 Å². The van der Waals surface area contributed by atoms with Gasteiger partial charge in [0.1, 0.15) is 5.69 Å². The Hall–Kier alpha value is -2.51. The first-order chi connectivity index (χ1) is 9.29. The van der Waals surface area contributed by atoms with Gasteiger partial charge in [0.15, 0.2) is 0 Å². The molecule has 1 heterocycles. The number of rotatable bonds is 3. The molecule has 19 heavy (non-hydrogen) atoms. The first-order valence-electron chi connectivity index (χ1n) is 5.99. The van der Waals surface area contributed by atoms with Crippen molar-refractivity contribution in [3.05, 3.63) is 59.4 Å². The summed E-state index contributed by atoms with van der Waals surface area (Å²) in [5, 5.41) is 2.84. The average Bonchev–Trinajstić information content (AvgIpc) is 2.98. The molecular formula is C15H15N3O. The molecule has 0 saturated carbocycles. The molecule has 0 atom stereocenters. The molecule has 4 N–H and O–H groups in total. The summed E-state index contributed by atoms with van der Waals surface area (Å²) in [6.45, 7) is 0.844. The third kappa shape index (κ3) is 3.73. The molecule has 0 aliphatic rings. The fourth-order valence-corrected chi connectivity index (χ4v) is 1.61. The number of benzene rings is 1. The summed E-state index contributed by atoms with van der Waals surface area (Å²) < 4.78 is 0. The molecule has 0 fully saturated rings. The van der Waals surface area contributed by atoms with E-state index < -0.39 is 0 Å². The zero-order valence-electron chi connectivity index (χ0n) is 10.4. The standard InChI is InChI=1S/C15H15N3O/c16-9-1-3-12-5-7-13(8-6-12)11-18-15(19)14-4-2-10-17-14/h2,4-8,10,17H,9,11,16H2,(H,18,19). The Morgan fingerprint density at radius 1 is 1.26 bits per heavy atom. The van der Waals surface area contributed by atoms with Gasteiger partial charge in [-0.25, -0.2) is 0 Å². The number of aromatic amines is 1. The summed E-state index contributed by atoms with van der Waals surface area (Å²) in [5.41, 5.74) is 7.82. The first kappa shape index (κ1) is 12.9. The maximum atomic E-state index is 11.7. The van der Waals surface area contributed by atoms with Gasteiger partial charge < -0.3 is 16.0 Å². The van der Waals surface area contributed by atoms with E-state index >= 15 is 0 Å². The smallest absolute Gasteiger partial charge is 0.267 e. The van der Waals surface area contributed by atoms with Gasteiger partial charge in [-0.15, -0.1) is 0 Å². The van der Waals surface area contributed by atoms with Crippen LogP contribution in [-0.4, -0.2) is 17.4 Å². The van der Waals surface area contributed by atoms with Gasteiger partial charge in [0.05, 0.1) is 6.54 Å². The summed E-state index contributed by atoms with van der Waals surface area (Å²) in [6.07, 6.45) is 1.72. The van der Waals surface area contributed by atoms with E-state index in [1.807, 2.05) is 24.3 Å². The van der Waals surface area contributed by atoms with Gasteiger partial charge >= 0.3 is 0 Å². The second-order valence-corrected chi connectivity index (χ2v) is 3.97. The SMILES string of the molecule is NCC#Cc1ccc(CNC(=O)c2ccc[nH]2)cc1. The molecule has 1 amide bonds. The number of aromatic nitrogens is 1. The molecule has 96 valence electrons. The number of nitrogens with one attached hydrogen (secondary N) is 2. The fraction of sp³-hybridized carbons (Fsp3) is 0.133. The van der Waals surface area contributed by atoms with Crippen LogP contribution in [0.4, 0.5) is 0 Å². The van der Waals surface area contributed by atoms with Gasteiger partial charge in [-0.1, -0.05) is 24.0 Å². The summed E-state index contributed by atoms with van der Waals surface area (Å²) in [6, 6.07) is 11.2. The van der Waals surface area contributed by atoms with Crippen molar-refractivity contribution in [1.82, 2.24) is 10.3 Å². The van der Waals surface area contributed by atoms with E-state index in [1.165, 1.54) is 0 Å². The van der Waals surface area contributed by atoms with Crippen molar-refractivity contribution in [2.24, 2.45) is 5.73 Å². The topological polar surface area (TPSA) is 70.9 Å². The minimum Gasteiger partial charge on any atom is -0.357 e. The third-order valence-corrected chi connectivity index (χ3v) is 2.58. The van der Waals surface area contributed by atoms with Crippen molar-refractivity contribution in [3.63, 3.8) is 0 Å². The lowest BCUT2D eigenvalue weighted by atomic mass is 10.1. The largest absolute Gasteiger partial charge is 0.357 e. The average molecular weight is 253 g/mol.